The lowest BCUT2D eigenvalue weighted by molar-refractivity contribution is 0.783. The highest BCUT2D eigenvalue weighted by Gasteiger charge is 2.05. The van der Waals surface area contributed by atoms with Crippen molar-refractivity contribution in [2.24, 2.45) is 0 Å². The zero-order chi connectivity index (χ0) is 13.8. The number of aromatic nitrogens is 3. The quantitative estimate of drug-likeness (QED) is 0.684. The van der Waals surface area contributed by atoms with E-state index in [-0.39, 0.29) is 0 Å². The van der Waals surface area contributed by atoms with Crippen molar-refractivity contribution < 1.29 is 0 Å². The Kier molecular flexibility index (Phi) is 3.79. The van der Waals surface area contributed by atoms with E-state index in [0.717, 1.165) is 24.2 Å². The van der Waals surface area contributed by atoms with Crippen LogP contribution < -0.4 is 0 Å². The van der Waals surface area contributed by atoms with Crippen molar-refractivity contribution in [2.75, 3.05) is 0 Å². The van der Waals surface area contributed by atoms with Crippen LogP contribution in [-0.2, 0) is 12.8 Å². The Balaban J connectivity index is 1.78. The molecule has 2 aromatic heterocycles. The van der Waals surface area contributed by atoms with Gasteiger partial charge in [0.25, 0.3) is 0 Å². The molecule has 0 fully saturated rings. The third-order valence-electron chi connectivity index (χ3n) is 3.19. The van der Waals surface area contributed by atoms with E-state index < -0.39 is 0 Å². The summed E-state index contributed by atoms with van der Waals surface area (Å²) in [5, 5.41) is 4.85. The van der Waals surface area contributed by atoms with Crippen molar-refractivity contribution in [3.05, 3.63) is 77.3 Å². The van der Waals surface area contributed by atoms with Gasteiger partial charge in [0.05, 0.1) is 11.9 Å². The largest absolute Gasteiger partial charge is 0.242 e. The molecule has 3 nitrogen and oxygen atoms in total. The summed E-state index contributed by atoms with van der Waals surface area (Å²) in [5.41, 5.74) is 3.43. The van der Waals surface area contributed by atoms with Gasteiger partial charge < -0.3 is 0 Å². The lowest BCUT2D eigenvalue weighted by atomic mass is 10.1. The molecular formula is C16H14ClN3. The zero-order valence-electron chi connectivity index (χ0n) is 10.9. The fourth-order valence-corrected chi connectivity index (χ4v) is 2.27. The number of hydrogen-bond acceptors (Lipinski definition) is 2. The topological polar surface area (TPSA) is 30.7 Å². The fourth-order valence-electron chi connectivity index (χ4n) is 2.16. The number of benzene rings is 1. The summed E-state index contributed by atoms with van der Waals surface area (Å²) in [6.07, 6.45) is 5.48. The van der Waals surface area contributed by atoms with E-state index in [0.29, 0.717) is 5.15 Å². The Labute approximate surface area is 122 Å². The maximum absolute atomic E-state index is 5.81. The van der Waals surface area contributed by atoms with Gasteiger partial charge in [-0.3, -0.25) is 0 Å². The first-order chi connectivity index (χ1) is 9.83. The van der Waals surface area contributed by atoms with Crippen molar-refractivity contribution in [1.29, 1.82) is 0 Å². The van der Waals surface area contributed by atoms with Crippen molar-refractivity contribution >= 4 is 11.6 Å². The van der Waals surface area contributed by atoms with Crippen molar-refractivity contribution in [2.45, 2.75) is 12.8 Å². The fraction of sp³-hybridized carbons (Fsp3) is 0.125. The molecule has 0 spiro atoms. The molecule has 0 aliphatic heterocycles. The first-order valence-electron chi connectivity index (χ1n) is 6.52. The summed E-state index contributed by atoms with van der Waals surface area (Å²) in [6.45, 7) is 0. The highest BCUT2D eigenvalue weighted by Crippen LogP contribution is 2.14. The van der Waals surface area contributed by atoms with Gasteiger partial charge in [0.1, 0.15) is 5.15 Å². The Morgan fingerprint density at radius 2 is 1.80 bits per heavy atom. The highest BCUT2D eigenvalue weighted by molar-refractivity contribution is 6.29. The molecule has 0 N–H and O–H groups in total. The number of pyridine rings is 1. The van der Waals surface area contributed by atoms with Crippen LogP contribution in [0.5, 0.6) is 0 Å². The second-order valence-electron chi connectivity index (χ2n) is 4.56. The van der Waals surface area contributed by atoms with Crippen molar-refractivity contribution in [3.63, 3.8) is 0 Å². The first kappa shape index (κ1) is 12.9. The van der Waals surface area contributed by atoms with Crippen LogP contribution in [0.3, 0.4) is 0 Å². The molecule has 0 aliphatic rings. The molecule has 0 atom stereocenters. The molecule has 0 aliphatic carbocycles. The molecule has 20 heavy (non-hydrogen) atoms. The van der Waals surface area contributed by atoms with E-state index in [1.807, 2.05) is 29.1 Å². The second-order valence-corrected chi connectivity index (χ2v) is 4.95. The van der Waals surface area contributed by atoms with Crippen LogP contribution in [0.2, 0.25) is 5.15 Å². The van der Waals surface area contributed by atoms with Crippen LogP contribution in [0.1, 0.15) is 11.3 Å². The van der Waals surface area contributed by atoms with E-state index in [2.05, 4.69) is 34.3 Å². The molecule has 0 saturated heterocycles. The summed E-state index contributed by atoms with van der Waals surface area (Å²) < 4.78 is 1.91. The van der Waals surface area contributed by atoms with Gasteiger partial charge in [-0.15, -0.1) is 0 Å². The predicted octanol–water partition coefficient (Wildman–Crippen LogP) is 3.71. The molecule has 4 heteroatoms. The Morgan fingerprint density at radius 3 is 2.55 bits per heavy atom. The standard InChI is InChI=1S/C16H14ClN3/c17-16-9-8-15(12-18-16)20-14(10-11-19-20)7-6-13-4-2-1-3-5-13/h1-5,8-12H,6-7H2. The molecule has 1 aromatic carbocycles. The third kappa shape index (κ3) is 2.89. The minimum absolute atomic E-state index is 0.492. The number of aryl methyl sites for hydroxylation is 2. The van der Waals surface area contributed by atoms with Crippen molar-refractivity contribution in [1.82, 2.24) is 14.8 Å². The molecule has 0 saturated carbocycles. The maximum atomic E-state index is 5.81. The third-order valence-corrected chi connectivity index (χ3v) is 3.41. The summed E-state index contributed by atoms with van der Waals surface area (Å²) >= 11 is 5.81. The van der Waals surface area contributed by atoms with E-state index >= 15 is 0 Å². The molecule has 0 amide bonds. The Morgan fingerprint density at radius 1 is 0.950 bits per heavy atom. The summed E-state index contributed by atoms with van der Waals surface area (Å²) in [7, 11) is 0. The van der Waals surface area contributed by atoms with Gasteiger partial charge in [-0.05, 0) is 36.6 Å². The summed E-state index contributed by atoms with van der Waals surface area (Å²) in [6, 6.07) is 16.2. The van der Waals surface area contributed by atoms with E-state index in [4.69, 9.17) is 11.6 Å². The molecule has 0 bridgehead atoms. The molecule has 3 aromatic rings. The van der Waals surface area contributed by atoms with Crippen LogP contribution in [0, 0.1) is 0 Å². The van der Waals surface area contributed by atoms with E-state index in [1.165, 1.54) is 5.56 Å². The number of hydrogen-bond donors (Lipinski definition) is 0. The summed E-state index contributed by atoms with van der Waals surface area (Å²) in [4.78, 5) is 4.10. The lowest BCUT2D eigenvalue weighted by Gasteiger charge is -2.07. The van der Waals surface area contributed by atoms with Gasteiger partial charge in [-0.1, -0.05) is 41.9 Å². The minimum Gasteiger partial charge on any atom is -0.242 e. The monoisotopic (exact) mass is 283 g/mol. The normalized spacial score (nSPS) is 10.7. The summed E-state index contributed by atoms with van der Waals surface area (Å²) in [5.74, 6) is 0. The average molecular weight is 284 g/mol. The maximum Gasteiger partial charge on any atom is 0.129 e. The van der Waals surface area contributed by atoms with Gasteiger partial charge in [0.15, 0.2) is 0 Å². The van der Waals surface area contributed by atoms with Gasteiger partial charge in [-0.2, -0.15) is 5.10 Å². The number of halogens is 1. The zero-order valence-corrected chi connectivity index (χ0v) is 11.7. The molecular weight excluding hydrogens is 270 g/mol. The van der Waals surface area contributed by atoms with E-state index in [9.17, 15) is 0 Å². The van der Waals surface area contributed by atoms with E-state index in [1.54, 1.807) is 12.3 Å². The van der Waals surface area contributed by atoms with Crippen LogP contribution in [0.25, 0.3) is 5.69 Å². The second kappa shape index (κ2) is 5.88. The van der Waals surface area contributed by atoms with Crippen LogP contribution in [0.15, 0.2) is 60.9 Å². The Bertz CT molecular complexity index is 674. The lowest BCUT2D eigenvalue weighted by Crippen LogP contribution is -2.04. The smallest absolute Gasteiger partial charge is 0.129 e. The molecule has 3 rings (SSSR count). The first-order valence-corrected chi connectivity index (χ1v) is 6.89. The highest BCUT2D eigenvalue weighted by atomic mass is 35.5. The minimum atomic E-state index is 0.492. The molecule has 0 unspecified atom stereocenters. The van der Waals surface area contributed by atoms with Gasteiger partial charge >= 0.3 is 0 Å². The van der Waals surface area contributed by atoms with Crippen LogP contribution in [0.4, 0.5) is 0 Å². The van der Waals surface area contributed by atoms with Gasteiger partial charge in [0, 0.05) is 11.9 Å². The average Bonchev–Trinajstić information content (AvgIpc) is 2.95. The predicted molar refractivity (Wildman–Crippen MR) is 80.2 cm³/mol. The van der Waals surface area contributed by atoms with Gasteiger partial charge in [-0.25, -0.2) is 9.67 Å². The Hall–Kier alpha value is -2.13. The van der Waals surface area contributed by atoms with Gasteiger partial charge in [0.2, 0.25) is 0 Å². The molecule has 100 valence electrons. The SMILES string of the molecule is Clc1ccc(-n2nccc2CCc2ccccc2)cn1. The molecule has 0 radical (unpaired) electrons. The van der Waals surface area contributed by atoms with Crippen LogP contribution >= 0.6 is 11.6 Å². The van der Waals surface area contributed by atoms with Crippen LogP contribution in [-0.4, -0.2) is 14.8 Å². The number of nitrogens with zero attached hydrogens (tertiary/aromatic N) is 3. The van der Waals surface area contributed by atoms with Crippen molar-refractivity contribution in [3.8, 4) is 5.69 Å². The molecule has 2 heterocycles. The number of rotatable bonds is 4.